The van der Waals surface area contributed by atoms with Gasteiger partial charge in [-0.3, -0.25) is 86.3 Å². The molecule has 0 spiro atoms. The number of carbonyl (C=O) groups excluding carboxylic acids is 17. The number of thiol groups is 3. The Morgan fingerprint density at radius 3 is 1.40 bits per heavy atom. The number of nitrogens with one attached hydrogen (secondary N) is 12. The Bertz CT molecular complexity index is 3650. The fraction of sp³-hybridized carbons (Fsp3) is 0.643. The van der Waals surface area contributed by atoms with Crippen molar-refractivity contribution in [2.45, 2.75) is 213 Å². The molecule has 0 aliphatic carbocycles. The summed E-state index contributed by atoms with van der Waals surface area (Å²) < 4.78 is 0. The molecular formula is C70H109N19O23S4. The van der Waals surface area contributed by atoms with Crippen LogP contribution in [0.5, 0.6) is 0 Å². The lowest BCUT2D eigenvalue weighted by atomic mass is 10.0. The topological polar surface area (TPSA) is 663 Å². The summed E-state index contributed by atoms with van der Waals surface area (Å²) in [5.74, 6) is -19.5. The van der Waals surface area contributed by atoms with Crippen LogP contribution in [0.4, 0.5) is 0 Å². The molecule has 0 bridgehead atoms. The number of hydrogen-bond donors (Lipinski definition) is 23. The third kappa shape index (κ3) is 31.4. The summed E-state index contributed by atoms with van der Waals surface area (Å²) in [6.45, 7) is 0.572. The molecule has 1 aromatic rings. The van der Waals surface area contributed by atoms with E-state index in [4.69, 9.17) is 22.9 Å². The number of carboxylic acids is 2. The van der Waals surface area contributed by atoms with Crippen LogP contribution in [0.1, 0.15) is 116 Å². The number of benzene rings is 1. The van der Waals surface area contributed by atoms with E-state index in [2.05, 4.69) is 102 Å². The highest BCUT2D eigenvalue weighted by molar-refractivity contribution is 7.98. The summed E-state index contributed by atoms with van der Waals surface area (Å²) in [5, 5.41) is 68.4. The molecule has 46 heteroatoms. The molecule has 0 radical (unpaired) electrons. The number of aliphatic hydroxyl groups excluding tert-OH is 2. The van der Waals surface area contributed by atoms with E-state index in [1.54, 1.807) is 36.6 Å². The minimum Gasteiger partial charge on any atom is -0.481 e. The molecule has 646 valence electrons. The number of unbranched alkanes of at least 4 members (excludes halogenated alkanes) is 1. The Morgan fingerprint density at radius 2 is 0.922 bits per heavy atom. The van der Waals surface area contributed by atoms with Crippen LogP contribution in [0.3, 0.4) is 0 Å². The molecule has 3 saturated heterocycles. The third-order valence-corrected chi connectivity index (χ3v) is 20.8. The summed E-state index contributed by atoms with van der Waals surface area (Å²) in [5.41, 5.74) is 22.7. The molecule has 24 N–H and O–H groups in total. The molecular weight excluding hydrogens is 1600 g/mol. The maximum atomic E-state index is 14.9. The molecule has 1 aromatic carbocycles. The number of likely N-dealkylation sites (tertiary alicyclic amines) is 3. The van der Waals surface area contributed by atoms with Crippen molar-refractivity contribution >= 4 is 162 Å². The zero-order chi connectivity index (χ0) is 86.6. The standard InChI is InChI=1S/C70H109N19O23S4/c1-35(76-66(107)55(74)36(2)91)56(97)82-42(29-52(73)93)60(101)78-38(14-7-8-23-71)58(99)85-45(32-113)62(103)83-43(28-37-12-5-4-6-13-37)67(108)87-24-9-17-50(87)65(106)86-47(34-115)69(110)89-26-11-16-49(89)64(105)84-44(31-90)61(102)79-39(19-21-54(95)96)57(98)75-30-53(94)77-46(33-114)68(109)88-25-10-15-48(88)63(104)80-40(18-20-51(72)92)59(100)81-41(70(111)112)22-27-116-3/h4-6,12-13,35-36,38-50,55,90-91,113-115H,7-11,14-34,71,74H2,1-3H3,(H2,72,92)(H2,73,93)(H,75,98)(H,76,107)(H,77,94)(H,78,101)(H,79,102)(H,80,104)(H,81,100)(H,82,97)(H,83,103)(H,84,105)(H,85,99)(H,86,106)(H,95,96)(H,111,112)/t35-,36+,38-,39-,40-,41-,42-,43-,44-,45-,46-,47-,48-,49-,50-,55-/m0/s1. The smallest absolute Gasteiger partial charge is 0.326 e. The number of amides is 17. The van der Waals surface area contributed by atoms with Gasteiger partial charge < -0.3 is 122 Å². The summed E-state index contributed by atoms with van der Waals surface area (Å²) in [6.07, 6.45) is -1.05. The first-order valence-corrected chi connectivity index (χ1v) is 40.9. The summed E-state index contributed by atoms with van der Waals surface area (Å²) in [6, 6.07) is -13.5. The van der Waals surface area contributed by atoms with Crippen molar-refractivity contribution in [1.29, 1.82) is 0 Å². The number of rotatable bonds is 50. The zero-order valence-corrected chi connectivity index (χ0v) is 68.0. The molecule has 42 nitrogen and oxygen atoms in total. The minimum atomic E-state index is -1.85. The number of carbonyl (C=O) groups is 19. The lowest BCUT2D eigenvalue weighted by molar-refractivity contribution is -0.144. The van der Waals surface area contributed by atoms with Crippen LogP contribution < -0.4 is 86.7 Å². The lowest BCUT2D eigenvalue weighted by Crippen LogP contribution is -2.61. The molecule has 0 unspecified atom stereocenters. The van der Waals surface area contributed by atoms with Gasteiger partial charge in [-0.15, -0.1) is 0 Å². The average Bonchev–Trinajstić information content (AvgIpc) is 1.66. The number of carboxylic acid groups (broad SMARTS) is 2. The number of hydrogen-bond acceptors (Lipinski definition) is 27. The lowest BCUT2D eigenvalue weighted by Gasteiger charge is -2.32. The summed E-state index contributed by atoms with van der Waals surface area (Å²) in [4.78, 5) is 258. The van der Waals surface area contributed by atoms with Gasteiger partial charge in [-0.1, -0.05) is 30.3 Å². The molecule has 3 aliphatic rings. The van der Waals surface area contributed by atoms with Gasteiger partial charge in [-0.05, 0) is 115 Å². The average molecular weight is 1710 g/mol. The molecule has 0 saturated carbocycles. The molecule has 4 rings (SSSR count). The van der Waals surface area contributed by atoms with Crippen molar-refractivity contribution in [3.63, 3.8) is 0 Å². The summed E-state index contributed by atoms with van der Waals surface area (Å²) >= 11 is 14.2. The van der Waals surface area contributed by atoms with Gasteiger partial charge in [0.15, 0.2) is 0 Å². The molecule has 116 heavy (non-hydrogen) atoms. The SMILES string of the molecule is CSCC[C@H](NC(=O)[C@H](CCC(N)=O)NC(=O)[C@@H]1CCCN1C(=O)[C@H](CS)NC(=O)CNC(=O)[C@H](CCC(=O)O)NC(=O)[C@H](CO)NC(=O)[C@@H]1CCCN1C(=O)[C@H](CS)NC(=O)[C@@H]1CCCN1C(=O)[C@H](Cc1ccccc1)NC(=O)[C@H](CS)NC(=O)[C@H](CCCCN)NC(=O)[C@H](CC(N)=O)NC(=O)[C@H](C)NC(=O)[C@@H](N)[C@@H](C)O)C(=O)O. The predicted octanol–water partition coefficient (Wildman–Crippen LogP) is -8.87. The second-order valence-electron chi connectivity index (χ2n) is 27.9. The largest absolute Gasteiger partial charge is 0.481 e. The normalized spacial score (nSPS) is 18.4. The molecule has 3 aliphatic heterocycles. The van der Waals surface area contributed by atoms with E-state index in [1.807, 2.05) is 0 Å². The molecule has 0 aromatic heterocycles. The first-order chi connectivity index (χ1) is 54.9. The van der Waals surface area contributed by atoms with Crippen LogP contribution in [-0.4, -0.2) is 313 Å². The van der Waals surface area contributed by atoms with Crippen LogP contribution in [0.25, 0.3) is 0 Å². The van der Waals surface area contributed by atoms with Crippen molar-refractivity contribution in [2.75, 3.05) is 68.6 Å². The highest BCUT2D eigenvalue weighted by atomic mass is 32.2. The molecule has 17 amide bonds. The van der Waals surface area contributed by atoms with E-state index < -0.39 is 242 Å². The van der Waals surface area contributed by atoms with Crippen LogP contribution in [0.2, 0.25) is 0 Å². The Morgan fingerprint density at radius 1 is 0.491 bits per heavy atom. The van der Waals surface area contributed by atoms with Crippen molar-refractivity contribution < 1.29 is 112 Å². The van der Waals surface area contributed by atoms with Gasteiger partial charge in [0.05, 0.1) is 25.7 Å². The van der Waals surface area contributed by atoms with E-state index in [0.717, 1.165) is 9.80 Å². The number of aliphatic hydroxyl groups is 2. The highest BCUT2D eigenvalue weighted by Crippen LogP contribution is 2.24. The second kappa shape index (κ2) is 50.1. The van der Waals surface area contributed by atoms with Crippen LogP contribution in [0, 0.1) is 0 Å². The van der Waals surface area contributed by atoms with Crippen molar-refractivity contribution in [2.24, 2.45) is 22.9 Å². The van der Waals surface area contributed by atoms with Crippen LogP contribution in [0.15, 0.2) is 30.3 Å². The molecule has 3 fully saturated rings. The van der Waals surface area contributed by atoms with Crippen molar-refractivity contribution in [3.8, 4) is 0 Å². The Labute approximate surface area is 689 Å². The maximum absolute atomic E-state index is 14.9. The Balaban J connectivity index is 1.43. The van der Waals surface area contributed by atoms with Crippen LogP contribution >= 0.6 is 49.6 Å². The number of nitrogens with zero attached hydrogens (tertiary/aromatic N) is 3. The van der Waals surface area contributed by atoms with E-state index in [0.29, 0.717) is 17.7 Å². The quantitative estimate of drug-likeness (QED) is 0.0213. The zero-order valence-electron chi connectivity index (χ0n) is 64.5. The first kappa shape index (κ1) is 98.8. The number of primary amides is 2. The molecule has 16 atom stereocenters. The number of nitrogens with two attached hydrogens (primary N) is 4. The third-order valence-electron chi connectivity index (χ3n) is 19.1. The maximum Gasteiger partial charge on any atom is 0.326 e. The molecule has 3 heterocycles. The fourth-order valence-electron chi connectivity index (χ4n) is 12.7. The minimum absolute atomic E-state index is 0.00253. The number of aliphatic carboxylic acids is 2. The predicted molar refractivity (Wildman–Crippen MR) is 425 cm³/mol. The van der Waals surface area contributed by atoms with E-state index >= 15 is 0 Å². The highest BCUT2D eigenvalue weighted by Gasteiger charge is 2.45. The first-order valence-electron chi connectivity index (χ1n) is 37.6. The number of thioether (sulfide) groups is 1. The van der Waals surface area contributed by atoms with Gasteiger partial charge in [-0.2, -0.15) is 49.6 Å². The van der Waals surface area contributed by atoms with Gasteiger partial charge >= 0.3 is 11.9 Å². The van der Waals surface area contributed by atoms with E-state index in [9.17, 15) is 112 Å². The van der Waals surface area contributed by atoms with Crippen molar-refractivity contribution in [1.82, 2.24) is 78.5 Å². The van der Waals surface area contributed by atoms with E-state index in [1.165, 1.54) is 30.5 Å². The van der Waals surface area contributed by atoms with Gasteiger partial charge in [0.1, 0.15) is 90.6 Å². The Hall–Kier alpha value is -9.61. The van der Waals surface area contributed by atoms with Gasteiger partial charge in [-0.25, -0.2) is 4.79 Å². The monoisotopic (exact) mass is 1710 g/mol. The van der Waals surface area contributed by atoms with E-state index in [-0.39, 0.29) is 120 Å². The Kier molecular flexibility index (Phi) is 42.7. The summed E-state index contributed by atoms with van der Waals surface area (Å²) in [7, 11) is 0. The van der Waals surface area contributed by atoms with Gasteiger partial charge in [0.2, 0.25) is 100 Å². The van der Waals surface area contributed by atoms with Crippen LogP contribution in [-0.2, 0) is 97.5 Å². The fourth-order valence-corrected chi connectivity index (χ4v) is 13.9. The van der Waals surface area contributed by atoms with Crippen molar-refractivity contribution in [3.05, 3.63) is 35.9 Å². The van der Waals surface area contributed by atoms with Gasteiger partial charge in [0, 0.05) is 56.2 Å². The second-order valence-corrected chi connectivity index (χ2v) is 30.0. The van der Waals surface area contributed by atoms with Gasteiger partial charge in [0.25, 0.3) is 0 Å².